The number of hydrogen-bond donors (Lipinski definition) is 3. The maximum Gasteiger partial charge on any atom is 0.303 e. The number of carbonyl (C=O) groups is 1. The first-order valence-corrected chi connectivity index (χ1v) is 5.06. The summed E-state index contributed by atoms with van der Waals surface area (Å²) in [5, 5.41) is 17.9. The number of benzene rings is 1. The van der Waals surface area contributed by atoms with E-state index in [4.69, 9.17) is 10.8 Å². The predicted molar refractivity (Wildman–Crippen MR) is 63.0 cm³/mol. The Morgan fingerprint density at radius 2 is 2.19 bits per heavy atom. The highest BCUT2D eigenvalue weighted by molar-refractivity contribution is 5.66. The zero-order valence-corrected chi connectivity index (χ0v) is 8.89. The Balaban J connectivity index is 2.49. The van der Waals surface area contributed by atoms with Crippen molar-refractivity contribution in [1.29, 1.82) is 0 Å². The van der Waals surface area contributed by atoms with E-state index >= 15 is 0 Å². The minimum atomic E-state index is -0.791. The van der Waals surface area contributed by atoms with Crippen LogP contribution < -0.4 is 5.73 Å². The summed E-state index contributed by atoms with van der Waals surface area (Å²) in [6.45, 7) is 0. The molecule has 0 aliphatic heterocycles. The number of allylic oxidation sites excluding steroid dienone is 1. The molecule has 0 fully saturated rings. The van der Waals surface area contributed by atoms with Gasteiger partial charge in [-0.15, -0.1) is 0 Å². The second-order valence-corrected chi connectivity index (χ2v) is 3.51. The lowest BCUT2D eigenvalue weighted by molar-refractivity contribution is -0.137. The number of phenolic OH excluding ortho intramolecular Hbond substituents is 1. The Kier molecular flexibility index (Phi) is 4.39. The normalized spacial score (nSPS) is 10.8. The lowest BCUT2D eigenvalue weighted by atomic mass is 10.1. The van der Waals surface area contributed by atoms with Gasteiger partial charge in [-0.1, -0.05) is 12.2 Å². The highest BCUT2D eigenvalue weighted by Crippen LogP contribution is 2.21. The number of carboxylic acids is 1. The fraction of sp³-hybridized carbons (Fsp3) is 0.250. The fourth-order valence-corrected chi connectivity index (χ4v) is 1.29. The van der Waals surface area contributed by atoms with Crippen LogP contribution in [0.2, 0.25) is 0 Å². The average molecular weight is 221 g/mol. The predicted octanol–water partition coefficient (Wildman–Crippen LogP) is 2.24. The zero-order chi connectivity index (χ0) is 12.0. The Labute approximate surface area is 94.0 Å². The van der Waals surface area contributed by atoms with Crippen LogP contribution in [0.15, 0.2) is 24.3 Å². The number of anilines is 1. The van der Waals surface area contributed by atoms with Crippen LogP contribution in [0, 0.1) is 0 Å². The zero-order valence-electron chi connectivity index (χ0n) is 8.89. The van der Waals surface area contributed by atoms with E-state index in [9.17, 15) is 9.90 Å². The third kappa shape index (κ3) is 4.04. The Morgan fingerprint density at radius 3 is 2.88 bits per heavy atom. The van der Waals surface area contributed by atoms with Crippen molar-refractivity contribution in [1.82, 2.24) is 0 Å². The molecule has 0 bridgehead atoms. The number of rotatable bonds is 5. The molecule has 4 heteroatoms. The summed E-state index contributed by atoms with van der Waals surface area (Å²) in [5.74, 6) is -0.621. The van der Waals surface area contributed by atoms with Gasteiger partial charge in [0.25, 0.3) is 0 Å². The van der Waals surface area contributed by atoms with Gasteiger partial charge in [-0.3, -0.25) is 4.79 Å². The standard InChI is InChI=1S/C12H15NO3/c13-10-6-7-11(14)9(8-10)4-2-1-3-5-12(15)16/h2,4,6-8,14H,1,3,5,13H2,(H,15,16)/b4-2+. The number of aliphatic carboxylic acids is 1. The Morgan fingerprint density at radius 1 is 1.44 bits per heavy atom. The van der Waals surface area contributed by atoms with Gasteiger partial charge in [0.1, 0.15) is 5.75 Å². The van der Waals surface area contributed by atoms with Gasteiger partial charge in [0.2, 0.25) is 0 Å². The molecule has 1 rings (SSSR count). The van der Waals surface area contributed by atoms with E-state index < -0.39 is 5.97 Å². The SMILES string of the molecule is Nc1ccc(O)c(/C=C/CCCC(=O)O)c1. The van der Waals surface area contributed by atoms with Gasteiger partial charge in [-0.05, 0) is 31.0 Å². The van der Waals surface area contributed by atoms with Gasteiger partial charge in [0.05, 0.1) is 0 Å². The molecular weight excluding hydrogens is 206 g/mol. The van der Waals surface area contributed by atoms with Crippen LogP contribution in [0.3, 0.4) is 0 Å². The van der Waals surface area contributed by atoms with Crippen molar-refractivity contribution in [3.05, 3.63) is 29.8 Å². The Hall–Kier alpha value is -1.97. The molecule has 0 unspecified atom stereocenters. The van der Waals surface area contributed by atoms with Crippen LogP contribution in [0.25, 0.3) is 6.08 Å². The van der Waals surface area contributed by atoms with Gasteiger partial charge in [0.15, 0.2) is 0 Å². The molecule has 0 saturated heterocycles. The van der Waals surface area contributed by atoms with Crippen LogP contribution in [-0.2, 0) is 4.79 Å². The first-order chi connectivity index (χ1) is 7.59. The van der Waals surface area contributed by atoms with Gasteiger partial charge >= 0.3 is 5.97 Å². The van der Waals surface area contributed by atoms with E-state index in [0.717, 1.165) is 0 Å². The number of hydrogen-bond acceptors (Lipinski definition) is 3. The fourth-order valence-electron chi connectivity index (χ4n) is 1.29. The van der Waals surface area contributed by atoms with Crippen molar-refractivity contribution in [3.63, 3.8) is 0 Å². The highest BCUT2D eigenvalue weighted by Gasteiger charge is 1.97. The summed E-state index contributed by atoms with van der Waals surface area (Å²) in [6, 6.07) is 4.83. The van der Waals surface area contributed by atoms with E-state index in [-0.39, 0.29) is 12.2 Å². The van der Waals surface area contributed by atoms with Crippen LogP contribution in [0.1, 0.15) is 24.8 Å². The first kappa shape index (κ1) is 12.1. The lowest BCUT2D eigenvalue weighted by Gasteiger charge is -2.00. The highest BCUT2D eigenvalue weighted by atomic mass is 16.4. The van der Waals surface area contributed by atoms with Crippen molar-refractivity contribution in [2.24, 2.45) is 0 Å². The molecule has 86 valence electrons. The van der Waals surface area contributed by atoms with Crippen molar-refractivity contribution < 1.29 is 15.0 Å². The molecule has 0 spiro atoms. The second kappa shape index (κ2) is 5.80. The molecule has 1 aromatic carbocycles. The minimum Gasteiger partial charge on any atom is -0.507 e. The van der Waals surface area contributed by atoms with Gasteiger partial charge in [-0.2, -0.15) is 0 Å². The molecule has 0 radical (unpaired) electrons. The number of nitrogens with two attached hydrogens (primary N) is 1. The molecule has 0 aromatic heterocycles. The van der Waals surface area contributed by atoms with Crippen molar-refractivity contribution in [2.45, 2.75) is 19.3 Å². The number of phenols is 1. The summed E-state index contributed by atoms with van der Waals surface area (Å²) in [4.78, 5) is 10.3. The summed E-state index contributed by atoms with van der Waals surface area (Å²) < 4.78 is 0. The maximum atomic E-state index is 10.3. The number of carboxylic acid groups (broad SMARTS) is 1. The molecular formula is C12H15NO3. The molecule has 0 aliphatic rings. The van der Waals surface area contributed by atoms with E-state index in [2.05, 4.69) is 0 Å². The van der Waals surface area contributed by atoms with E-state index in [0.29, 0.717) is 24.1 Å². The third-order valence-corrected chi connectivity index (χ3v) is 2.11. The molecule has 1 aromatic rings. The summed E-state index contributed by atoms with van der Waals surface area (Å²) >= 11 is 0. The number of unbranched alkanes of at least 4 members (excludes halogenated alkanes) is 1. The van der Waals surface area contributed by atoms with Crippen LogP contribution in [0.4, 0.5) is 5.69 Å². The quantitative estimate of drug-likeness (QED) is 0.404. The van der Waals surface area contributed by atoms with Gasteiger partial charge in [0, 0.05) is 17.7 Å². The molecule has 4 N–H and O–H groups in total. The van der Waals surface area contributed by atoms with Crippen LogP contribution in [0.5, 0.6) is 5.75 Å². The van der Waals surface area contributed by atoms with Crippen molar-refractivity contribution in [3.8, 4) is 5.75 Å². The number of nitrogen functional groups attached to an aromatic ring is 1. The molecule has 0 aliphatic carbocycles. The third-order valence-electron chi connectivity index (χ3n) is 2.11. The minimum absolute atomic E-state index is 0.160. The van der Waals surface area contributed by atoms with Crippen LogP contribution >= 0.6 is 0 Å². The molecule has 0 saturated carbocycles. The Bertz CT molecular complexity index is 399. The maximum absolute atomic E-state index is 10.3. The first-order valence-electron chi connectivity index (χ1n) is 5.06. The monoisotopic (exact) mass is 221 g/mol. The summed E-state index contributed by atoms with van der Waals surface area (Å²) in [6.07, 6.45) is 4.99. The van der Waals surface area contributed by atoms with Gasteiger partial charge < -0.3 is 15.9 Å². The second-order valence-electron chi connectivity index (χ2n) is 3.51. The van der Waals surface area contributed by atoms with E-state index in [1.807, 2.05) is 6.08 Å². The summed E-state index contributed by atoms with van der Waals surface area (Å²) in [5.41, 5.74) is 6.81. The molecule has 4 nitrogen and oxygen atoms in total. The van der Waals surface area contributed by atoms with E-state index in [1.54, 1.807) is 18.2 Å². The van der Waals surface area contributed by atoms with Crippen LogP contribution in [-0.4, -0.2) is 16.2 Å². The smallest absolute Gasteiger partial charge is 0.303 e. The van der Waals surface area contributed by atoms with E-state index in [1.165, 1.54) is 6.07 Å². The average Bonchev–Trinajstić information content (AvgIpc) is 2.22. The lowest BCUT2D eigenvalue weighted by Crippen LogP contribution is -1.92. The van der Waals surface area contributed by atoms with Crippen molar-refractivity contribution >= 4 is 17.7 Å². The largest absolute Gasteiger partial charge is 0.507 e. The number of aromatic hydroxyl groups is 1. The molecule has 16 heavy (non-hydrogen) atoms. The molecule has 0 heterocycles. The van der Waals surface area contributed by atoms with Gasteiger partial charge in [-0.25, -0.2) is 0 Å². The van der Waals surface area contributed by atoms with Crippen molar-refractivity contribution in [2.75, 3.05) is 5.73 Å². The molecule has 0 atom stereocenters. The summed E-state index contributed by atoms with van der Waals surface area (Å²) in [7, 11) is 0. The topological polar surface area (TPSA) is 83.5 Å². The molecule has 0 amide bonds.